The van der Waals surface area contributed by atoms with E-state index in [9.17, 15) is 9.59 Å². The fourth-order valence-corrected chi connectivity index (χ4v) is 2.25. The smallest absolute Gasteiger partial charge is 0.335 e. The van der Waals surface area contributed by atoms with E-state index in [1.165, 1.54) is 24.3 Å². The number of hydrogen-bond donors (Lipinski definition) is 2. The minimum Gasteiger partial charge on any atom is -0.478 e. The summed E-state index contributed by atoms with van der Waals surface area (Å²) in [5.41, 5.74) is 0.575. The Balaban J connectivity index is 2.11. The van der Waals surface area contributed by atoms with E-state index < -0.39 is 5.97 Å². The molecule has 1 aliphatic rings. The average molecular weight is 279 g/mol. The number of aliphatic hydroxyl groups is 1. The average Bonchev–Trinajstić information content (AvgIpc) is 2.45. The third-order valence-electron chi connectivity index (χ3n) is 3.20. The first-order valence-corrected chi connectivity index (χ1v) is 6.40. The molecule has 2 atom stereocenters. The zero-order valence-electron chi connectivity index (χ0n) is 11.2. The largest absolute Gasteiger partial charge is 0.478 e. The topological polar surface area (TPSA) is 87.1 Å². The zero-order chi connectivity index (χ0) is 14.7. The van der Waals surface area contributed by atoms with Crippen molar-refractivity contribution in [2.45, 2.75) is 19.1 Å². The van der Waals surface area contributed by atoms with E-state index in [-0.39, 0.29) is 30.3 Å². The van der Waals surface area contributed by atoms with Crippen molar-refractivity contribution in [2.75, 3.05) is 19.7 Å². The fourth-order valence-electron chi connectivity index (χ4n) is 2.25. The van der Waals surface area contributed by atoms with Gasteiger partial charge in [0.15, 0.2) is 0 Å². The van der Waals surface area contributed by atoms with Crippen molar-refractivity contribution in [2.24, 2.45) is 0 Å². The van der Waals surface area contributed by atoms with E-state index in [0.29, 0.717) is 18.7 Å². The first-order chi connectivity index (χ1) is 9.51. The SMILES string of the molecule is CC1CN(C(=O)c2ccc(C(=O)O)cc2)CC(CO)O1. The number of amides is 1. The van der Waals surface area contributed by atoms with Crippen molar-refractivity contribution < 1.29 is 24.5 Å². The summed E-state index contributed by atoms with van der Waals surface area (Å²) in [7, 11) is 0. The summed E-state index contributed by atoms with van der Waals surface area (Å²) >= 11 is 0. The van der Waals surface area contributed by atoms with E-state index in [0.717, 1.165) is 0 Å². The maximum Gasteiger partial charge on any atom is 0.335 e. The summed E-state index contributed by atoms with van der Waals surface area (Å²) in [5, 5.41) is 18.0. The predicted molar refractivity (Wildman–Crippen MR) is 70.7 cm³/mol. The summed E-state index contributed by atoms with van der Waals surface area (Å²) < 4.78 is 5.48. The number of aliphatic hydroxyl groups excluding tert-OH is 1. The molecule has 1 saturated heterocycles. The highest BCUT2D eigenvalue weighted by molar-refractivity contribution is 5.96. The van der Waals surface area contributed by atoms with Gasteiger partial charge >= 0.3 is 5.97 Å². The van der Waals surface area contributed by atoms with Crippen molar-refractivity contribution in [3.05, 3.63) is 35.4 Å². The molecule has 2 rings (SSSR count). The molecule has 0 spiro atoms. The lowest BCUT2D eigenvalue weighted by Crippen LogP contribution is -2.50. The van der Waals surface area contributed by atoms with Gasteiger partial charge in [0.25, 0.3) is 5.91 Å². The van der Waals surface area contributed by atoms with Crippen LogP contribution in [0.25, 0.3) is 0 Å². The van der Waals surface area contributed by atoms with Crippen LogP contribution in [0.15, 0.2) is 24.3 Å². The number of nitrogens with zero attached hydrogens (tertiary/aromatic N) is 1. The highest BCUT2D eigenvalue weighted by Gasteiger charge is 2.28. The van der Waals surface area contributed by atoms with Crippen LogP contribution >= 0.6 is 0 Å². The van der Waals surface area contributed by atoms with Crippen molar-refractivity contribution in [3.8, 4) is 0 Å². The monoisotopic (exact) mass is 279 g/mol. The molecule has 2 N–H and O–H groups in total. The molecule has 1 heterocycles. The van der Waals surface area contributed by atoms with Crippen molar-refractivity contribution in [1.29, 1.82) is 0 Å². The molecule has 6 nitrogen and oxygen atoms in total. The lowest BCUT2D eigenvalue weighted by molar-refractivity contribution is -0.0858. The van der Waals surface area contributed by atoms with Gasteiger partial charge in [-0.2, -0.15) is 0 Å². The lowest BCUT2D eigenvalue weighted by atomic mass is 10.1. The molecule has 2 unspecified atom stereocenters. The predicted octanol–water partition coefficient (Wildman–Crippen LogP) is 0.607. The molecule has 0 aromatic heterocycles. The second kappa shape index (κ2) is 6.02. The van der Waals surface area contributed by atoms with Crippen LogP contribution in [0.2, 0.25) is 0 Å². The molecule has 6 heteroatoms. The Labute approximate surface area is 116 Å². The van der Waals surface area contributed by atoms with Gasteiger partial charge in [0.1, 0.15) is 0 Å². The van der Waals surface area contributed by atoms with Gasteiger partial charge in [0.2, 0.25) is 0 Å². The minimum atomic E-state index is -1.02. The number of morpholine rings is 1. The molecule has 1 amide bonds. The van der Waals surface area contributed by atoms with Crippen LogP contribution in [0.3, 0.4) is 0 Å². The minimum absolute atomic E-state index is 0.133. The summed E-state index contributed by atoms with van der Waals surface area (Å²) in [5.74, 6) is -1.21. The molecule has 1 aliphatic heterocycles. The molecule has 0 radical (unpaired) electrons. The zero-order valence-corrected chi connectivity index (χ0v) is 11.2. The lowest BCUT2D eigenvalue weighted by Gasteiger charge is -2.36. The van der Waals surface area contributed by atoms with E-state index in [2.05, 4.69) is 0 Å². The molecule has 108 valence electrons. The highest BCUT2D eigenvalue weighted by atomic mass is 16.5. The number of carbonyl (C=O) groups excluding carboxylic acids is 1. The van der Waals surface area contributed by atoms with Gasteiger partial charge in [-0.25, -0.2) is 4.79 Å². The Morgan fingerprint density at radius 2 is 1.85 bits per heavy atom. The second-order valence-electron chi connectivity index (χ2n) is 4.84. The van der Waals surface area contributed by atoms with Gasteiger partial charge in [-0.1, -0.05) is 0 Å². The van der Waals surface area contributed by atoms with Crippen LogP contribution in [0.4, 0.5) is 0 Å². The van der Waals surface area contributed by atoms with Crippen LogP contribution in [0.1, 0.15) is 27.6 Å². The van der Waals surface area contributed by atoms with Crippen LogP contribution in [-0.4, -0.2) is 58.9 Å². The summed E-state index contributed by atoms with van der Waals surface area (Å²) in [4.78, 5) is 24.7. The Kier molecular flexibility index (Phi) is 4.36. The van der Waals surface area contributed by atoms with Gasteiger partial charge < -0.3 is 19.8 Å². The normalized spacial score (nSPS) is 22.6. The van der Waals surface area contributed by atoms with Crippen molar-refractivity contribution in [3.63, 3.8) is 0 Å². The van der Waals surface area contributed by atoms with E-state index in [1.807, 2.05) is 6.92 Å². The Hall–Kier alpha value is -1.92. The Morgan fingerprint density at radius 3 is 2.40 bits per heavy atom. The molecular formula is C14H17NO5. The first-order valence-electron chi connectivity index (χ1n) is 6.40. The van der Waals surface area contributed by atoms with Gasteiger partial charge in [-0.3, -0.25) is 4.79 Å². The van der Waals surface area contributed by atoms with Gasteiger partial charge in [0, 0.05) is 18.7 Å². The number of benzene rings is 1. The molecule has 20 heavy (non-hydrogen) atoms. The molecule has 0 bridgehead atoms. The van der Waals surface area contributed by atoms with Gasteiger partial charge in [0.05, 0.1) is 24.4 Å². The molecule has 1 fully saturated rings. The van der Waals surface area contributed by atoms with Gasteiger partial charge in [-0.15, -0.1) is 0 Å². The van der Waals surface area contributed by atoms with Crippen molar-refractivity contribution >= 4 is 11.9 Å². The molecule has 0 saturated carbocycles. The molecular weight excluding hydrogens is 262 g/mol. The van der Waals surface area contributed by atoms with Crippen LogP contribution in [-0.2, 0) is 4.74 Å². The number of aromatic carboxylic acids is 1. The molecule has 1 aromatic rings. The van der Waals surface area contributed by atoms with E-state index in [4.69, 9.17) is 14.9 Å². The van der Waals surface area contributed by atoms with Crippen molar-refractivity contribution in [1.82, 2.24) is 4.90 Å². The quantitative estimate of drug-likeness (QED) is 0.846. The number of carbonyl (C=O) groups is 2. The third-order valence-corrected chi connectivity index (χ3v) is 3.20. The molecule has 1 aromatic carbocycles. The number of carboxylic acid groups (broad SMARTS) is 1. The van der Waals surface area contributed by atoms with E-state index in [1.54, 1.807) is 4.90 Å². The first kappa shape index (κ1) is 14.5. The Bertz CT molecular complexity index is 499. The Morgan fingerprint density at radius 1 is 1.25 bits per heavy atom. The highest BCUT2D eigenvalue weighted by Crippen LogP contribution is 2.15. The number of hydrogen-bond acceptors (Lipinski definition) is 4. The van der Waals surface area contributed by atoms with Gasteiger partial charge in [-0.05, 0) is 31.2 Å². The fraction of sp³-hybridized carbons (Fsp3) is 0.429. The maximum atomic E-state index is 12.3. The number of rotatable bonds is 3. The maximum absolute atomic E-state index is 12.3. The van der Waals surface area contributed by atoms with Crippen LogP contribution in [0, 0.1) is 0 Å². The van der Waals surface area contributed by atoms with E-state index >= 15 is 0 Å². The second-order valence-corrected chi connectivity index (χ2v) is 4.84. The third kappa shape index (κ3) is 3.15. The molecule has 0 aliphatic carbocycles. The van der Waals surface area contributed by atoms with Crippen LogP contribution in [0.5, 0.6) is 0 Å². The number of ether oxygens (including phenoxy) is 1. The summed E-state index contributed by atoms with van der Waals surface area (Å²) in [6.45, 7) is 2.50. The summed E-state index contributed by atoms with van der Waals surface area (Å²) in [6, 6.07) is 5.81. The summed E-state index contributed by atoms with van der Waals surface area (Å²) in [6.07, 6.45) is -0.510. The van der Waals surface area contributed by atoms with Crippen LogP contribution < -0.4 is 0 Å². The number of carboxylic acids is 1. The standard InChI is InChI=1S/C14H17NO5/c1-9-6-15(7-12(8-16)20-9)13(17)10-2-4-11(5-3-10)14(18)19/h2-5,9,12,16H,6-8H2,1H3,(H,18,19).